The zero-order valence-electron chi connectivity index (χ0n) is 14.3. The van der Waals surface area contributed by atoms with E-state index >= 15 is 0 Å². The van der Waals surface area contributed by atoms with Crippen molar-refractivity contribution in [3.8, 4) is 5.75 Å². The molecule has 5 heteroatoms. The quantitative estimate of drug-likeness (QED) is 0.845. The van der Waals surface area contributed by atoms with Gasteiger partial charge in [-0.2, -0.15) is 4.98 Å². The van der Waals surface area contributed by atoms with Crippen molar-refractivity contribution in [1.29, 1.82) is 0 Å². The Kier molecular flexibility index (Phi) is 4.52. The molecule has 1 atom stereocenters. The van der Waals surface area contributed by atoms with Crippen molar-refractivity contribution in [2.75, 3.05) is 26.2 Å². The van der Waals surface area contributed by atoms with Crippen molar-refractivity contribution in [2.45, 2.75) is 44.9 Å². The summed E-state index contributed by atoms with van der Waals surface area (Å²) in [7, 11) is 0. The minimum absolute atomic E-state index is 0.413. The molecule has 1 aromatic heterocycles. The lowest BCUT2D eigenvalue weighted by Gasteiger charge is -2.31. The maximum atomic E-state index is 5.59. The highest BCUT2D eigenvalue weighted by atomic mass is 16.5. The molecule has 2 aliphatic heterocycles. The summed E-state index contributed by atoms with van der Waals surface area (Å²) in [5.74, 6) is 3.13. The number of aromatic nitrogens is 2. The van der Waals surface area contributed by atoms with E-state index in [0.29, 0.717) is 5.92 Å². The van der Waals surface area contributed by atoms with E-state index in [1.807, 2.05) is 6.92 Å². The van der Waals surface area contributed by atoms with Gasteiger partial charge in [0.05, 0.1) is 6.61 Å². The van der Waals surface area contributed by atoms with Gasteiger partial charge in [0, 0.05) is 31.8 Å². The van der Waals surface area contributed by atoms with Crippen molar-refractivity contribution in [3.63, 3.8) is 0 Å². The summed E-state index contributed by atoms with van der Waals surface area (Å²) in [6, 6.07) is 6.65. The first kappa shape index (κ1) is 15.6. The number of hydrogen-bond acceptors (Lipinski definition) is 5. The van der Waals surface area contributed by atoms with Crippen LogP contribution >= 0.6 is 0 Å². The Labute approximate surface area is 143 Å². The van der Waals surface area contributed by atoms with Gasteiger partial charge < -0.3 is 14.2 Å². The van der Waals surface area contributed by atoms with Gasteiger partial charge >= 0.3 is 0 Å². The summed E-state index contributed by atoms with van der Waals surface area (Å²) in [4.78, 5) is 7.07. The number of rotatable bonds is 5. The molecule has 0 saturated carbocycles. The summed E-state index contributed by atoms with van der Waals surface area (Å²) in [6.07, 6.45) is 5.32. The van der Waals surface area contributed by atoms with Gasteiger partial charge in [-0.3, -0.25) is 0 Å². The van der Waals surface area contributed by atoms with E-state index in [9.17, 15) is 0 Å². The van der Waals surface area contributed by atoms with E-state index in [1.165, 1.54) is 24.1 Å². The van der Waals surface area contributed by atoms with E-state index in [-0.39, 0.29) is 0 Å². The standard InChI is InChI=1S/C19H25N3O2/c1-2-18-20-19(21-24-18)16-4-3-9-22(13-16)10-7-14-5-6-17-15(12-14)8-11-23-17/h5-6,12,16H,2-4,7-11,13H2,1H3/t16-/m1/s1. The van der Waals surface area contributed by atoms with Crippen LogP contribution < -0.4 is 4.74 Å². The molecule has 2 aliphatic rings. The predicted octanol–water partition coefficient (Wildman–Crippen LogP) is 2.99. The summed E-state index contributed by atoms with van der Waals surface area (Å²) >= 11 is 0. The summed E-state index contributed by atoms with van der Waals surface area (Å²) in [6.45, 7) is 6.18. The van der Waals surface area contributed by atoms with Crippen LogP contribution in [0.5, 0.6) is 5.75 Å². The normalized spacial score (nSPS) is 20.8. The lowest BCUT2D eigenvalue weighted by molar-refractivity contribution is 0.204. The molecule has 1 fully saturated rings. The SMILES string of the molecule is CCc1nc([C@@H]2CCCN(CCc3ccc4c(c3)CCO4)C2)no1. The largest absolute Gasteiger partial charge is 0.493 e. The van der Waals surface area contributed by atoms with Crippen LogP contribution in [0.1, 0.15) is 48.5 Å². The molecule has 2 aromatic rings. The number of hydrogen-bond donors (Lipinski definition) is 0. The molecule has 0 bridgehead atoms. The van der Waals surface area contributed by atoms with Crippen LogP contribution in [0.3, 0.4) is 0 Å². The fourth-order valence-electron chi connectivity index (χ4n) is 3.73. The molecular weight excluding hydrogens is 302 g/mol. The first-order valence-corrected chi connectivity index (χ1v) is 9.11. The van der Waals surface area contributed by atoms with E-state index in [1.54, 1.807) is 0 Å². The average molecular weight is 327 g/mol. The first-order chi connectivity index (χ1) is 11.8. The molecule has 1 aromatic carbocycles. The van der Waals surface area contributed by atoms with Gasteiger partial charge in [-0.25, -0.2) is 0 Å². The second-order valence-electron chi connectivity index (χ2n) is 6.83. The number of likely N-dealkylation sites (tertiary alicyclic amines) is 1. The topological polar surface area (TPSA) is 51.4 Å². The van der Waals surface area contributed by atoms with Crippen molar-refractivity contribution in [2.24, 2.45) is 0 Å². The van der Waals surface area contributed by atoms with Crippen molar-refractivity contribution >= 4 is 0 Å². The minimum Gasteiger partial charge on any atom is -0.493 e. The van der Waals surface area contributed by atoms with Crippen LogP contribution in [-0.4, -0.2) is 41.3 Å². The van der Waals surface area contributed by atoms with E-state index < -0.39 is 0 Å². The van der Waals surface area contributed by atoms with E-state index in [0.717, 1.165) is 62.8 Å². The number of ether oxygens (including phenoxy) is 1. The van der Waals surface area contributed by atoms with E-state index in [2.05, 4.69) is 33.2 Å². The summed E-state index contributed by atoms with van der Waals surface area (Å²) < 4.78 is 10.9. The van der Waals surface area contributed by atoms with Gasteiger partial charge in [0.15, 0.2) is 5.82 Å². The highest BCUT2D eigenvalue weighted by molar-refractivity contribution is 5.39. The lowest BCUT2D eigenvalue weighted by Crippen LogP contribution is -2.36. The van der Waals surface area contributed by atoms with Gasteiger partial charge in [-0.1, -0.05) is 24.2 Å². The van der Waals surface area contributed by atoms with E-state index in [4.69, 9.17) is 9.26 Å². The Morgan fingerprint density at radius 2 is 2.29 bits per heavy atom. The Bertz CT molecular complexity index is 698. The van der Waals surface area contributed by atoms with Gasteiger partial charge in [-0.15, -0.1) is 0 Å². The third-order valence-electron chi connectivity index (χ3n) is 5.13. The summed E-state index contributed by atoms with van der Waals surface area (Å²) in [5.41, 5.74) is 2.78. The molecule has 0 unspecified atom stereocenters. The van der Waals surface area contributed by atoms with Crippen LogP contribution in [0.15, 0.2) is 22.7 Å². The van der Waals surface area contributed by atoms with Crippen LogP contribution in [0.4, 0.5) is 0 Å². The lowest BCUT2D eigenvalue weighted by atomic mass is 9.97. The average Bonchev–Trinajstić information content (AvgIpc) is 3.28. The zero-order chi connectivity index (χ0) is 16.4. The third kappa shape index (κ3) is 3.31. The van der Waals surface area contributed by atoms with Gasteiger partial charge in [0.1, 0.15) is 5.75 Å². The smallest absolute Gasteiger partial charge is 0.226 e. The molecule has 3 heterocycles. The Hall–Kier alpha value is -1.88. The van der Waals surface area contributed by atoms with Crippen molar-refractivity contribution in [3.05, 3.63) is 41.0 Å². The van der Waals surface area contributed by atoms with Crippen LogP contribution in [0.2, 0.25) is 0 Å². The number of benzene rings is 1. The third-order valence-corrected chi connectivity index (χ3v) is 5.13. The number of fused-ring (bicyclic) bond motifs is 1. The minimum atomic E-state index is 0.413. The van der Waals surface area contributed by atoms with Gasteiger partial charge in [0.2, 0.25) is 5.89 Å². The highest BCUT2D eigenvalue weighted by Gasteiger charge is 2.25. The Morgan fingerprint density at radius 3 is 3.17 bits per heavy atom. The van der Waals surface area contributed by atoms with Crippen LogP contribution in [0.25, 0.3) is 0 Å². The maximum absolute atomic E-state index is 5.59. The second kappa shape index (κ2) is 6.93. The van der Waals surface area contributed by atoms with Gasteiger partial charge in [-0.05, 0) is 43.0 Å². The molecule has 0 spiro atoms. The Balaban J connectivity index is 1.34. The molecule has 5 nitrogen and oxygen atoms in total. The molecule has 1 saturated heterocycles. The predicted molar refractivity (Wildman–Crippen MR) is 91.4 cm³/mol. The molecule has 128 valence electrons. The zero-order valence-corrected chi connectivity index (χ0v) is 14.3. The first-order valence-electron chi connectivity index (χ1n) is 9.11. The molecule has 24 heavy (non-hydrogen) atoms. The van der Waals surface area contributed by atoms with Crippen molar-refractivity contribution < 1.29 is 9.26 Å². The van der Waals surface area contributed by atoms with Gasteiger partial charge in [0.25, 0.3) is 0 Å². The monoisotopic (exact) mass is 327 g/mol. The fourth-order valence-corrected chi connectivity index (χ4v) is 3.73. The van der Waals surface area contributed by atoms with Crippen LogP contribution in [0, 0.1) is 0 Å². The fraction of sp³-hybridized carbons (Fsp3) is 0.579. The number of aryl methyl sites for hydroxylation is 1. The maximum Gasteiger partial charge on any atom is 0.226 e. The van der Waals surface area contributed by atoms with Crippen molar-refractivity contribution in [1.82, 2.24) is 15.0 Å². The highest BCUT2D eigenvalue weighted by Crippen LogP contribution is 2.27. The molecule has 0 amide bonds. The molecule has 0 aliphatic carbocycles. The molecule has 0 N–H and O–H groups in total. The number of piperidine rings is 1. The number of nitrogens with zero attached hydrogens (tertiary/aromatic N) is 3. The molecular formula is C19H25N3O2. The second-order valence-corrected chi connectivity index (χ2v) is 6.83. The molecule has 4 rings (SSSR count). The Morgan fingerprint density at radius 1 is 1.33 bits per heavy atom. The molecule has 0 radical (unpaired) electrons. The van der Waals surface area contributed by atoms with Crippen LogP contribution in [-0.2, 0) is 19.3 Å². The summed E-state index contributed by atoms with van der Waals surface area (Å²) in [5, 5.41) is 4.18.